The van der Waals surface area contributed by atoms with E-state index >= 15 is 0 Å². The fourth-order valence-corrected chi connectivity index (χ4v) is 3.27. The van der Waals surface area contributed by atoms with Gasteiger partial charge in [0.25, 0.3) is 6.43 Å². The topological polar surface area (TPSA) is 57.8 Å². The number of alkyl halides is 2. The van der Waals surface area contributed by atoms with E-state index in [9.17, 15) is 13.6 Å². The summed E-state index contributed by atoms with van der Waals surface area (Å²) in [5, 5.41) is 8.77. The number of halogens is 2. The second-order valence-corrected chi connectivity index (χ2v) is 6.24. The van der Waals surface area contributed by atoms with Crippen LogP contribution in [0.2, 0.25) is 0 Å². The number of aromatic nitrogens is 2. The first-order valence-corrected chi connectivity index (χ1v) is 8.16. The van der Waals surface area contributed by atoms with E-state index in [2.05, 4.69) is 15.5 Å². The largest absolute Gasteiger partial charge is 0.323 e. The van der Waals surface area contributed by atoms with Gasteiger partial charge in [-0.1, -0.05) is 39.0 Å². The van der Waals surface area contributed by atoms with Gasteiger partial charge in [0, 0.05) is 5.92 Å². The smallest absolute Gasteiger partial charge is 0.284 e. The van der Waals surface area contributed by atoms with Crippen LogP contribution in [0.3, 0.4) is 0 Å². The molecule has 2 N–H and O–H groups in total. The zero-order valence-electron chi connectivity index (χ0n) is 13.3. The third kappa shape index (κ3) is 4.05. The van der Waals surface area contributed by atoms with Crippen molar-refractivity contribution < 1.29 is 13.6 Å². The number of nitrogens with one attached hydrogen (secondary N) is 2. The van der Waals surface area contributed by atoms with Crippen molar-refractivity contribution in [3.63, 3.8) is 0 Å². The molecule has 0 spiro atoms. The Balaban J connectivity index is 2.01. The molecule has 0 unspecified atom stereocenters. The standard InChI is InChI=1S/C16H25F2N3O/c1-3-12(9-11-7-5-4-6-8-11)16(22)19-13-10(2)20-21-14(13)15(17)18/h11-12,15H,3-9H2,1-2H3,(H,19,22)(H,20,21)/t12-/m0/s1. The minimum absolute atomic E-state index is 0.122. The first kappa shape index (κ1) is 16.9. The van der Waals surface area contributed by atoms with Crippen LogP contribution in [0.4, 0.5) is 14.5 Å². The second-order valence-electron chi connectivity index (χ2n) is 6.24. The van der Waals surface area contributed by atoms with Crippen LogP contribution in [-0.2, 0) is 4.79 Å². The van der Waals surface area contributed by atoms with Crippen LogP contribution < -0.4 is 5.32 Å². The molecular weight excluding hydrogens is 288 g/mol. The number of hydrogen-bond donors (Lipinski definition) is 2. The van der Waals surface area contributed by atoms with Crippen molar-refractivity contribution in [3.05, 3.63) is 11.4 Å². The highest BCUT2D eigenvalue weighted by Crippen LogP contribution is 2.32. The van der Waals surface area contributed by atoms with Crippen molar-refractivity contribution >= 4 is 11.6 Å². The van der Waals surface area contributed by atoms with Gasteiger partial charge in [-0.15, -0.1) is 0 Å². The van der Waals surface area contributed by atoms with E-state index in [1.807, 2.05) is 6.92 Å². The van der Waals surface area contributed by atoms with Gasteiger partial charge in [0.1, 0.15) is 0 Å². The van der Waals surface area contributed by atoms with Crippen LogP contribution in [0.15, 0.2) is 0 Å². The molecule has 0 aliphatic heterocycles. The van der Waals surface area contributed by atoms with Gasteiger partial charge in [-0.25, -0.2) is 8.78 Å². The predicted molar refractivity (Wildman–Crippen MR) is 81.9 cm³/mol. The maximum Gasteiger partial charge on any atom is 0.284 e. The van der Waals surface area contributed by atoms with Gasteiger partial charge >= 0.3 is 0 Å². The van der Waals surface area contributed by atoms with Gasteiger partial charge < -0.3 is 5.32 Å². The predicted octanol–water partition coefficient (Wildman–Crippen LogP) is 4.59. The number of aromatic amines is 1. The first-order valence-electron chi connectivity index (χ1n) is 8.16. The summed E-state index contributed by atoms with van der Waals surface area (Å²) in [6.07, 6.45) is 4.99. The summed E-state index contributed by atoms with van der Waals surface area (Å²) < 4.78 is 25.8. The molecule has 0 radical (unpaired) electrons. The molecule has 1 amide bonds. The van der Waals surface area contributed by atoms with Crippen LogP contribution in [0.5, 0.6) is 0 Å². The van der Waals surface area contributed by atoms with E-state index in [4.69, 9.17) is 0 Å². The van der Waals surface area contributed by atoms with Crippen molar-refractivity contribution in [2.24, 2.45) is 11.8 Å². The molecule has 1 aromatic rings. The average Bonchev–Trinajstić information content (AvgIpc) is 2.87. The summed E-state index contributed by atoms with van der Waals surface area (Å²) in [6, 6.07) is 0. The molecule has 0 saturated heterocycles. The van der Waals surface area contributed by atoms with Crippen LogP contribution in [0, 0.1) is 18.8 Å². The molecule has 1 aromatic heterocycles. The van der Waals surface area contributed by atoms with Crippen LogP contribution in [0.1, 0.15) is 69.7 Å². The normalized spacial score (nSPS) is 17.7. The molecule has 1 fully saturated rings. The number of carbonyl (C=O) groups excluding carboxylic acids is 1. The molecule has 1 aliphatic rings. The Kier molecular flexibility index (Phi) is 5.91. The number of anilines is 1. The van der Waals surface area contributed by atoms with E-state index in [1.165, 1.54) is 32.1 Å². The van der Waals surface area contributed by atoms with Gasteiger partial charge in [-0.05, 0) is 25.7 Å². The summed E-state index contributed by atoms with van der Waals surface area (Å²) in [7, 11) is 0. The van der Waals surface area contributed by atoms with Gasteiger partial charge in [-0.2, -0.15) is 5.10 Å². The molecule has 1 heterocycles. The molecule has 6 heteroatoms. The molecule has 2 rings (SSSR count). The summed E-state index contributed by atoms with van der Waals surface area (Å²) in [5.74, 6) is 0.298. The number of hydrogen-bond acceptors (Lipinski definition) is 2. The highest BCUT2D eigenvalue weighted by Gasteiger charge is 2.26. The average molecular weight is 313 g/mol. The van der Waals surface area contributed by atoms with Crippen molar-refractivity contribution in [2.75, 3.05) is 5.32 Å². The molecule has 1 atom stereocenters. The summed E-state index contributed by atoms with van der Waals surface area (Å²) in [5.41, 5.74) is 0.233. The Bertz CT molecular complexity index is 496. The van der Waals surface area contributed by atoms with Crippen molar-refractivity contribution in [1.29, 1.82) is 0 Å². The lowest BCUT2D eigenvalue weighted by Crippen LogP contribution is -2.26. The van der Waals surface area contributed by atoms with E-state index in [0.29, 0.717) is 11.6 Å². The van der Waals surface area contributed by atoms with Crippen molar-refractivity contribution in [3.8, 4) is 0 Å². The fourth-order valence-electron chi connectivity index (χ4n) is 3.27. The van der Waals surface area contributed by atoms with E-state index < -0.39 is 6.43 Å². The number of nitrogens with zero attached hydrogens (tertiary/aromatic N) is 1. The Morgan fingerprint density at radius 1 is 1.36 bits per heavy atom. The Morgan fingerprint density at radius 3 is 2.64 bits per heavy atom. The lowest BCUT2D eigenvalue weighted by molar-refractivity contribution is -0.120. The quantitative estimate of drug-likeness (QED) is 0.807. The molecule has 1 aliphatic carbocycles. The Hall–Kier alpha value is -1.46. The molecule has 0 bridgehead atoms. The maximum atomic E-state index is 12.9. The van der Waals surface area contributed by atoms with Gasteiger partial charge in [0.2, 0.25) is 5.91 Å². The molecular formula is C16H25F2N3O. The molecule has 22 heavy (non-hydrogen) atoms. The number of amides is 1. The zero-order valence-corrected chi connectivity index (χ0v) is 13.3. The minimum Gasteiger partial charge on any atom is -0.323 e. The molecule has 0 aromatic carbocycles. The summed E-state index contributed by atoms with van der Waals surface area (Å²) in [6.45, 7) is 3.61. The lowest BCUT2D eigenvalue weighted by Gasteiger charge is -2.25. The summed E-state index contributed by atoms with van der Waals surface area (Å²) in [4.78, 5) is 12.4. The minimum atomic E-state index is -2.70. The maximum absolute atomic E-state index is 12.9. The monoisotopic (exact) mass is 313 g/mol. The Morgan fingerprint density at radius 2 is 2.05 bits per heavy atom. The van der Waals surface area contributed by atoms with E-state index in [-0.39, 0.29) is 23.2 Å². The fraction of sp³-hybridized carbons (Fsp3) is 0.750. The Labute approximate surface area is 130 Å². The lowest BCUT2D eigenvalue weighted by atomic mass is 9.82. The third-order valence-electron chi connectivity index (χ3n) is 4.64. The first-order chi connectivity index (χ1) is 10.5. The highest BCUT2D eigenvalue weighted by molar-refractivity contribution is 5.93. The van der Waals surface area contributed by atoms with Crippen molar-refractivity contribution in [2.45, 2.75) is 65.2 Å². The molecule has 1 saturated carbocycles. The van der Waals surface area contributed by atoms with Crippen molar-refractivity contribution in [1.82, 2.24) is 10.2 Å². The van der Waals surface area contributed by atoms with E-state index in [0.717, 1.165) is 12.8 Å². The molecule has 4 nitrogen and oxygen atoms in total. The number of rotatable bonds is 6. The zero-order chi connectivity index (χ0) is 16.1. The van der Waals surface area contributed by atoms with Gasteiger partial charge in [0.05, 0.1) is 11.4 Å². The number of H-pyrrole nitrogens is 1. The summed E-state index contributed by atoms with van der Waals surface area (Å²) >= 11 is 0. The van der Waals surface area contributed by atoms with Crippen LogP contribution in [0.25, 0.3) is 0 Å². The van der Waals surface area contributed by atoms with Gasteiger partial charge in [0.15, 0.2) is 5.69 Å². The van der Waals surface area contributed by atoms with Crippen LogP contribution >= 0.6 is 0 Å². The highest BCUT2D eigenvalue weighted by atomic mass is 19.3. The van der Waals surface area contributed by atoms with E-state index in [1.54, 1.807) is 6.92 Å². The third-order valence-corrected chi connectivity index (χ3v) is 4.64. The molecule has 124 valence electrons. The van der Waals surface area contributed by atoms with Crippen LogP contribution in [-0.4, -0.2) is 16.1 Å². The van der Waals surface area contributed by atoms with Gasteiger partial charge in [-0.3, -0.25) is 9.89 Å². The number of carbonyl (C=O) groups is 1. The number of aryl methyl sites for hydroxylation is 1. The second kappa shape index (κ2) is 7.70. The SMILES string of the molecule is CC[C@@H](CC1CCCCC1)C(=O)Nc1c(C(F)F)n[nH]c1C.